The van der Waals surface area contributed by atoms with Gasteiger partial charge in [0.2, 0.25) is 5.43 Å². The Balaban J connectivity index is 1.44. The molecule has 41 heavy (non-hydrogen) atoms. The number of esters is 1. The first-order valence-electron chi connectivity index (χ1n) is 13.5. The molecule has 16 heteroatoms. The van der Waals surface area contributed by atoms with Crippen molar-refractivity contribution in [3.05, 3.63) is 33.9 Å². The average molecular weight is 618 g/mol. The van der Waals surface area contributed by atoms with Gasteiger partial charge in [-0.1, -0.05) is 0 Å². The third-order valence-electron chi connectivity index (χ3n) is 8.09. The number of rotatable bonds is 10. The van der Waals surface area contributed by atoms with Crippen LogP contribution in [0.15, 0.2) is 17.1 Å². The number of methoxy groups -OCH3 is 1. The molecule has 0 amide bonds. The van der Waals surface area contributed by atoms with Crippen LogP contribution in [0.25, 0.3) is 10.9 Å². The lowest BCUT2D eigenvalue weighted by atomic mass is 9.94. The Hall–Kier alpha value is -2.31. The molecule has 3 heterocycles. The predicted molar refractivity (Wildman–Crippen MR) is 147 cm³/mol. The minimum atomic E-state index is -5.11. The van der Waals surface area contributed by atoms with Crippen molar-refractivity contribution >= 4 is 37.8 Å². The van der Waals surface area contributed by atoms with E-state index < -0.39 is 50.8 Å². The van der Waals surface area contributed by atoms with Gasteiger partial charge in [-0.3, -0.25) is 13.9 Å². The fourth-order valence-electron chi connectivity index (χ4n) is 5.99. The monoisotopic (exact) mass is 617 g/mol. The van der Waals surface area contributed by atoms with Crippen LogP contribution in [0.5, 0.6) is 5.75 Å². The summed E-state index contributed by atoms with van der Waals surface area (Å²) in [6, 6.07) is 1.34. The molecular formula is C25H34FN3O10P2. The van der Waals surface area contributed by atoms with E-state index in [1.165, 1.54) is 13.3 Å². The zero-order valence-corrected chi connectivity index (χ0v) is 24.2. The summed E-state index contributed by atoms with van der Waals surface area (Å²) in [4.78, 5) is 65.3. The zero-order valence-electron chi connectivity index (χ0n) is 22.4. The van der Waals surface area contributed by atoms with Crippen molar-refractivity contribution in [3.8, 4) is 5.75 Å². The van der Waals surface area contributed by atoms with Crippen molar-refractivity contribution in [2.24, 2.45) is 5.92 Å². The van der Waals surface area contributed by atoms with Gasteiger partial charge in [-0.25, -0.2) is 9.18 Å². The summed E-state index contributed by atoms with van der Waals surface area (Å²) in [5.74, 6) is -1.07. The molecule has 5 rings (SSSR count). The number of aromatic nitrogens is 1. The largest absolute Gasteiger partial charge is 0.492 e. The fourth-order valence-corrected chi connectivity index (χ4v) is 8.59. The molecule has 3 aliphatic rings. The van der Waals surface area contributed by atoms with E-state index in [2.05, 4.69) is 5.32 Å². The average Bonchev–Trinajstić information content (AvgIpc) is 3.64. The number of hydrogen-bond acceptors (Lipinski definition) is 8. The van der Waals surface area contributed by atoms with Crippen molar-refractivity contribution in [1.82, 2.24) is 9.88 Å². The van der Waals surface area contributed by atoms with E-state index in [4.69, 9.17) is 9.47 Å². The molecule has 3 fully saturated rings. The first-order chi connectivity index (χ1) is 19.3. The van der Waals surface area contributed by atoms with E-state index in [9.17, 15) is 38.3 Å². The van der Waals surface area contributed by atoms with Gasteiger partial charge < -0.3 is 43.8 Å². The normalized spacial score (nSPS) is 21.4. The Morgan fingerprint density at radius 2 is 1.88 bits per heavy atom. The minimum absolute atomic E-state index is 0.0352. The summed E-state index contributed by atoms with van der Waals surface area (Å²) in [5.41, 5.74) is -0.436. The second-order valence-electron chi connectivity index (χ2n) is 11.0. The molecule has 0 unspecified atom stereocenters. The standard InChI is InChI=1S/C25H34FN3O10P2/c1-38-24-21-16(10-18(26)22(24)28-11-14-4-2-8-27-19(14)13-28)23(30)17(12-29(21)15-6-7-15)25(31)39-9-3-5-20(40(32,33)34)41(35,36)37/h10,12,14-15,19-20,27H,2-9,11,13H2,1H3,(H2,32,33,34)(H2,35,36,37)/t14-,19+/m0/s1. The molecule has 2 aromatic rings. The molecule has 1 aromatic heterocycles. The number of ether oxygens (including phenoxy) is 2. The Bertz CT molecular complexity index is 1460. The van der Waals surface area contributed by atoms with E-state index in [-0.39, 0.29) is 40.9 Å². The van der Waals surface area contributed by atoms with Gasteiger partial charge in [0.05, 0.1) is 24.6 Å². The van der Waals surface area contributed by atoms with Gasteiger partial charge >= 0.3 is 21.2 Å². The Kier molecular flexibility index (Phi) is 8.39. The summed E-state index contributed by atoms with van der Waals surface area (Å²) in [6.45, 7) is 1.73. The van der Waals surface area contributed by atoms with Gasteiger partial charge in [-0.15, -0.1) is 0 Å². The quantitative estimate of drug-likeness (QED) is 0.149. The molecule has 2 saturated heterocycles. The molecule has 2 atom stereocenters. The highest BCUT2D eigenvalue weighted by molar-refractivity contribution is 7.70. The minimum Gasteiger partial charge on any atom is -0.492 e. The summed E-state index contributed by atoms with van der Waals surface area (Å²) in [7, 11) is -8.80. The summed E-state index contributed by atoms with van der Waals surface area (Å²) in [6.07, 6.45) is 4.16. The summed E-state index contributed by atoms with van der Waals surface area (Å²) >= 11 is 0. The molecule has 2 aliphatic heterocycles. The Labute approximate surface area is 234 Å². The van der Waals surface area contributed by atoms with Crippen LogP contribution in [0.4, 0.5) is 10.1 Å². The van der Waals surface area contributed by atoms with Crippen LogP contribution < -0.4 is 20.4 Å². The number of carbonyl (C=O) groups is 1. The maximum absolute atomic E-state index is 15.7. The molecule has 226 valence electrons. The van der Waals surface area contributed by atoms with Crippen molar-refractivity contribution in [1.29, 1.82) is 0 Å². The molecule has 1 aromatic carbocycles. The lowest BCUT2D eigenvalue weighted by Gasteiger charge is -2.25. The van der Waals surface area contributed by atoms with E-state index in [1.807, 2.05) is 4.90 Å². The zero-order chi connectivity index (χ0) is 29.7. The van der Waals surface area contributed by atoms with Crippen LogP contribution >= 0.6 is 15.2 Å². The van der Waals surface area contributed by atoms with Gasteiger partial charge in [-0.2, -0.15) is 0 Å². The lowest BCUT2D eigenvalue weighted by Crippen LogP contribution is -2.40. The van der Waals surface area contributed by atoms with Gasteiger partial charge in [0, 0.05) is 31.4 Å². The van der Waals surface area contributed by atoms with Crippen molar-refractivity contribution < 1.29 is 47.4 Å². The lowest BCUT2D eigenvalue weighted by molar-refractivity contribution is 0.0497. The second-order valence-corrected chi connectivity index (χ2v) is 15.0. The van der Waals surface area contributed by atoms with Crippen molar-refractivity contribution in [2.45, 2.75) is 56.0 Å². The molecule has 0 bridgehead atoms. The van der Waals surface area contributed by atoms with E-state index >= 15 is 4.39 Å². The fraction of sp³-hybridized carbons (Fsp3) is 0.600. The maximum atomic E-state index is 15.7. The van der Waals surface area contributed by atoms with Gasteiger partial charge in [0.25, 0.3) is 0 Å². The van der Waals surface area contributed by atoms with Crippen molar-refractivity contribution in [2.75, 3.05) is 38.3 Å². The van der Waals surface area contributed by atoms with Crippen LogP contribution in [0.1, 0.15) is 54.9 Å². The van der Waals surface area contributed by atoms with Crippen LogP contribution in [0.3, 0.4) is 0 Å². The molecule has 1 aliphatic carbocycles. The number of carbonyl (C=O) groups excluding carboxylic acids is 1. The number of nitrogens with one attached hydrogen (secondary N) is 1. The molecule has 5 N–H and O–H groups in total. The molecule has 13 nitrogen and oxygen atoms in total. The predicted octanol–water partition coefficient (Wildman–Crippen LogP) is 2.29. The molecule has 1 saturated carbocycles. The first kappa shape index (κ1) is 30.2. The summed E-state index contributed by atoms with van der Waals surface area (Å²) in [5, 5.41) is 1.24. The maximum Gasteiger partial charge on any atom is 0.343 e. The number of fused-ring (bicyclic) bond motifs is 2. The Morgan fingerprint density at radius 1 is 1.17 bits per heavy atom. The van der Waals surface area contributed by atoms with Crippen LogP contribution in [0, 0.1) is 11.7 Å². The highest BCUT2D eigenvalue weighted by Crippen LogP contribution is 2.61. The van der Waals surface area contributed by atoms with Gasteiger partial charge in [0.1, 0.15) is 11.3 Å². The van der Waals surface area contributed by atoms with E-state index in [0.29, 0.717) is 24.5 Å². The van der Waals surface area contributed by atoms with Gasteiger partial charge in [0.15, 0.2) is 17.0 Å². The first-order valence-corrected chi connectivity index (χ1v) is 16.9. The van der Waals surface area contributed by atoms with Gasteiger partial charge in [-0.05, 0) is 57.1 Å². The van der Waals surface area contributed by atoms with Crippen molar-refractivity contribution in [3.63, 3.8) is 0 Å². The van der Waals surface area contributed by atoms with Crippen LogP contribution in [0.2, 0.25) is 0 Å². The number of pyridine rings is 1. The van der Waals surface area contributed by atoms with E-state index in [1.54, 1.807) is 4.57 Å². The number of piperidine rings is 1. The summed E-state index contributed by atoms with van der Waals surface area (Å²) < 4.78 is 51.3. The van der Waals surface area contributed by atoms with Crippen LogP contribution in [-0.2, 0) is 13.9 Å². The highest BCUT2D eigenvalue weighted by Gasteiger charge is 2.43. The molecular weight excluding hydrogens is 583 g/mol. The third-order valence-corrected chi connectivity index (χ3v) is 12.0. The number of hydrogen-bond donors (Lipinski definition) is 5. The number of anilines is 1. The third kappa shape index (κ3) is 6.10. The highest BCUT2D eigenvalue weighted by atomic mass is 31.2. The smallest absolute Gasteiger partial charge is 0.343 e. The molecule has 0 spiro atoms. The van der Waals surface area contributed by atoms with E-state index in [0.717, 1.165) is 38.3 Å². The SMILES string of the molecule is COc1c(N2C[C@@H]3CCCN[C@@H]3C2)c(F)cc2c(=O)c(C(=O)OCCCC(P(=O)(O)O)P(=O)(O)O)cn(C3CC3)c12. The number of nitrogens with zero attached hydrogens (tertiary/aromatic N) is 2. The Morgan fingerprint density at radius 3 is 2.49 bits per heavy atom. The number of halogens is 1. The topological polar surface area (TPSA) is 188 Å². The van der Waals surface area contributed by atoms with Crippen LogP contribution in [-0.4, -0.2) is 74.9 Å². The molecule has 0 radical (unpaired) electrons. The second kappa shape index (κ2) is 11.4. The number of benzene rings is 1.